The van der Waals surface area contributed by atoms with Gasteiger partial charge in [-0.2, -0.15) is 0 Å². The van der Waals surface area contributed by atoms with Gasteiger partial charge >= 0.3 is 0 Å². The lowest BCUT2D eigenvalue weighted by Crippen LogP contribution is -2.00. The Kier molecular flexibility index (Phi) is 3.76. The molecule has 66 valence electrons. The number of hydrogen-bond donors (Lipinski definition) is 0. The van der Waals surface area contributed by atoms with Crippen LogP contribution in [0.1, 0.15) is 5.56 Å². The number of halogens is 5. The van der Waals surface area contributed by atoms with Crippen LogP contribution in [0.25, 0.3) is 0 Å². The number of hydrogen-bond acceptors (Lipinski definition) is 0. The van der Waals surface area contributed by atoms with Crippen LogP contribution in [-0.2, 0) is 3.79 Å². The SMILES string of the molecule is ClC(Cl)(Cl)c1ccc(Br)cc1Br. The molecule has 0 heterocycles. The summed E-state index contributed by atoms with van der Waals surface area (Å²) in [7, 11) is 0. The molecule has 1 rings (SSSR count). The maximum atomic E-state index is 5.70. The van der Waals surface area contributed by atoms with Crippen molar-refractivity contribution in [3.05, 3.63) is 32.7 Å². The lowest BCUT2D eigenvalue weighted by Gasteiger charge is -2.12. The van der Waals surface area contributed by atoms with Crippen LogP contribution in [0.15, 0.2) is 27.1 Å². The molecule has 1 aromatic rings. The Bertz CT molecular complexity index is 293. The molecule has 1 aromatic carbocycles. The van der Waals surface area contributed by atoms with E-state index in [1.807, 2.05) is 12.1 Å². The molecule has 0 fully saturated rings. The van der Waals surface area contributed by atoms with Gasteiger partial charge in [0.15, 0.2) is 0 Å². The Balaban J connectivity index is 3.19. The van der Waals surface area contributed by atoms with Crippen LogP contribution < -0.4 is 0 Å². The predicted octanol–water partition coefficient (Wildman–Crippen LogP) is 5.04. The normalized spacial score (nSPS) is 11.8. The summed E-state index contributed by atoms with van der Waals surface area (Å²) in [4.78, 5) is 0. The van der Waals surface area contributed by atoms with Crippen LogP contribution in [0.3, 0.4) is 0 Å². The van der Waals surface area contributed by atoms with Crippen LogP contribution in [0.2, 0.25) is 0 Å². The lowest BCUT2D eigenvalue weighted by atomic mass is 10.2. The third-order valence-electron chi connectivity index (χ3n) is 1.24. The largest absolute Gasteiger partial charge is 0.217 e. The molecule has 0 aromatic heterocycles. The molecule has 0 radical (unpaired) electrons. The first kappa shape index (κ1) is 11.1. The molecule has 0 spiro atoms. The highest BCUT2D eigenvalue weighted by atomic mass is 79.9. The maximum Gasteiger partial charge on any atom is 0.217 e. The average Bonchev–Trinajstić information content (AvgIpc) is 1.83. The van der Waals surface area contributed by atoms with Crippen molar-refractivity contribution in [2.75, 3.05) is 0 Å². The van der Waals surface area contributed by atoms with Crippen LogP contribution >= 0.6 is 66.7 Å². The van der Waals surface area contributed by atoms with E-state index in [1.54, 1.807) is 6.07 Å². The Morgan fingerprint density at radius 2 is 1.67 bits per heavy atom. The molecule has 5 heteroatoms. The van der Waals surface area contributed by atoms with Gasteiger partial charge in [-0.1, -0.05) is 72.7 Å². The average molecular weight is 353 g/mol. The molecule has 12 heavy (non-hydrogen) atoms. The zero-order valence-corrected chi connectivity index (χ0v) is 11.1. The molecular weight excluding hydrogens is 350 g/mol. The van der Waals surface area contributed by atoms with Gasteiger partial charge in [-0.05, 0) is 12.1 Å². The van der Waals surface area contributed by atoms with E-state index in [0.717, 1.165) is 8.95 Å². The molecule has 0 aliphatic carbocycles. The van der Waals surface area contributed by atoms with Crippen molar-refractivity contribution in [3.63, 3.8) is 0 Å². The summed E-state index contributed by atoms with van der Waals surface area (Å²) in [5.74, 6) is 0. The van der Waals surface area contributed by atoms with Crippen LogP contribution in [-0.4, -0.2) is 0 Å². The van der Waals surface area contributed by atoms with Gasteiger partial charge in [0.1, 0.15) is 0 Å². The van der Waals surface area contributed by atoms with E-state index in [2.05, 4.69) is 31.9 Å². The lowest BCUT2D eigenvalue weighted by molar-refractivity contribution is 1.22. The van der Waals surface area contributed by atoms with E-state index >= 15 is 0 Å². The molecule has 0 aliphatic heterocycles. The van der Waals surface area contributed by atoms with E-state index in [9.17, 15) is 0 Å². The molecule has 0 aliphatic rings. The summed E-state index contributed by atoms with van der Waals surface area (Å²) in [6.45, 7) is 0. The van der Waals surface area contributed by atoms with Crippen molar-refractivity contribution in [1.29, 1.82) is 0 Å². The minimum Gasteiger partial charge on any atom is -0.0784 e. The van der Waals surface area contributed by atoms with Crippen molar-refractivity contribution in [3.8, 4) is 0 Å². The Labute approximate surface area is 102 Å². The molecular formula is C7H3Br2Cl3. The highest BCUT2D eigenvalue weighted by Crippen LogP contribution is 2.42. The summed E-state index contributed by atoms with van der Waals surface area (Å²) >= 11 is 23.7. The summed E-state index contributed by atoms with van der Waals surface area (Å²) in [6.07, 6.45) is 0. The van der Waals surface area contributed by atoms with Crippen LogP contribution in [0.4, 0.5) is 0 Å². The van der Waals surface area contributed by atoms with Crippen molar-refractivity contribution in [2.45, 2.75) is 3.79 Å². The van der Waals surface area contributed by atoms with Gasteiger partial charge in [0.25, 0.3) is 0 Å². The molecule has 0 N–H and O–H groups in total. The Morgan fingerprint density at radius 1 is 1.08 bits per heavy atom. The van der Waals surface area contributed by atoms with Gasteiger partial charge in [-0.25, -0.2) is 0 Å². The fourth-order valence-electron chi connectivity index (χ4n) is 0.719. The van der Waals surface area contributed by atoms with Gasteiger partial charge in [0.05, 0.1) is 0 Å². The van der Waals surface area contributed by atoms with E-state index in [4.69, 9.17) is 34.8 Å². The van der Waals surface area contributed by atoms with E-state index in [-0.39, 0.29) is 0 Å². The highest BCUT2D eigenvalue weighted by Gasteiger charge is 2.25. The quantitative estimate of drug-likeness (QED) is 0.574. The van der Waals surface area contributed by atoms with Crippen molar-refractivity contribution >= 4 is 66.7 Å². The number of benzene rings is 1. The second-order valence-corrected chi connectivity index (χ2v) is 6.17. The molecule has 0 bridgehead atoms. The van der Waals surface area contributed by atoms with Gasteiger partial charge in [-0.3, -0.25) is 0 Å². The molecule has 0 saturated heterocycles. The van der Waals surface area contributed by atoms with Crippen LogP contribution in [0.5, 0.6) is 0 Å². The fourth-order valence-corrected chi connectivity index (χ4v) is 2.90. The molecule has 0 unspecified atom stereocenters. The topological polar surface area (TPSA) is 0 Å². The van der Waals surface area contributed by atoms with E-state index in [1.165, 1.54) is 0 Å². The second-order valence-electron chi connectivity index (χ2n) is 2.12. The first-order chi connectivity index (χ1) is 5.41. The zero-order valence-electron chi connectivity index (χ0n) is 5.62. The summed E-state index contributed by atoms with van der Waals surface area (Å²) in [5.41, 5.74) is 0.635. The second kappa shape index (κ2) is 4.05. The van der Waals surface area contributed by atoms with Crippen molar-refractivity contribution < 1.29 is 0 Å². The molecule has 0 amide bonds. The highest BCUT2D eigenvalue weighted by molar-refractivity contribution is 9.11. The standard InChI is InChI=1S/C7H3Br2Cl3/c8-4-1-2-5(6(9)3-4)7(10,11)12/h1-3H. The number of alkyl halides is 3. The Hall–Kier alpha value is 1.05. The van der Waals surface area contributed by atoms with E-state index in [0.29, 0.717) is 5.56 Å². The van der Waals surface area contributed by atoms with Gasteiger partial charge in [0.2, 0.25) is 3.79 Å². The summed E-state index contributed by atoms with van der Waals surface area (Å²) < 4.78 is 0.337. The fraction of sp³-hybridized carbons (Fsp3) is 0.143. The summed E-state index contributed by atoms with van der Waals surface area (Å²) in [5, 5.41) is 0. The monoisotopic (exact) mass is 350 g/mol. The predicted molar refractivity (Wildman–Crippen MR) is 61.1 cm³/mol. The zero-order chi connectivity index (χ0) is 9.35. The minimum atomic E-state index is -1.38. The van der Waals surface area contributed by atoms with E-state index < -0.39 is 3.79 Å². The molecule has 0 saturated carbocycles. The first-order valence-corrected chi connectivity index (χ1v) is 5.65. The molecule has 0 nitrogen and oxygen atoms in total. The van der Waals surface area contributed by atoms with Crippen molar-refractivity contribution in [2.24, 2.45) is 0 Å². The van der Waals surface area contributed by atoms with Gasteiger partial charge in [-0.15, -0.1) is 0 Å². The van der Waals surface area contributed by atoms with Crippen molar-refractivity contribution in [1.82, 2.24) is 0 Å². The molecule has 0 atom stereocenters. The first-order valence-electron chi connectivity index (χ1n) is 2.93. The number of rotatable bonds is 0. The third kappa shape index (κ3) is 2.78. The smallest absolute Gasteiger partial charge is 0.0784 e. The minimum absolute atomic E-state index is 0.635. The third-order valence-corrected chi connectivity index (χ3v) is 3.00. The Morgan fingerprint density at radius 3 is 2.08 bits per heavy atom. The van der Waals surface area contributed by atoms with Crippen LogP contribution in [0, 0.1) is 0 Å². The summed E-state index contributed by atoms with van der Waals surface area (Å²) in [6, 6.07) is 5.40. The van der Waals surface area contributed by atoms with Gasteiger partial charge in [0, 0.05) is 14.5 Å². The van der Waals surface area contributed by atoms with Gasteiger partial charge < -0.3 is 0 Å². The maximum absolute atomic E-state index is 5.70.